The lowest BCUT2D eigenvalue weighted by Crippen LogP contribution is -2.55. The van der Waals surface area contributed by atoms with Gasteiger partial charge in [-0.2, -0.15) is 4.40 Å². The number of hydrogen-bond acceptors (Lipinski definition) is 3. The van der Waals surface area contributed by atoms with Crippen LogP contribution in [-0.2, 0) is 4.74 Å². The summed E-state index contributed by atoms with van der Waals surface area (Å²) < 4.78 is 20.7. The molecule has 2 aromatic heterocycles. The van der Waals surface area contributed by atoms with Crippen LogP contribution in [0.15, 0.2) is 42.6 Å². The van der Waals surface area contributed by atoms with Crippen LogP contribution in [0.3, 0.4) is 0 Å². The van der Waals surface area contributed by atoms with Crippen molar-refractivity contribution < 1.29 is 23.4 Å². The van der Waals surface area contributed by atoms with E-state index in [9.17, 15) is 14.3 Å². The molecule has 146 valence electrons. The number of rotatable bonds is 4. The van der Waals surface area contributed by atoms with E-state index in [2.05, 4.69) is 10.3 Å². The monoisotopic (exact) mass is 384 g/mol. The molecular weight excluding hydrogens is 361 g/mol. The standard InChI is InChI=1S/C21H22FN3O3/c1-14-12-15(22)5-6-16(14)18-17-4-2-3-9-25(17)19(23-18)20(27)24-21(13-26)7-10-28-11-8-21/h2-6,9,12,26H,7-8,10-11,13H2,1H3,(H,24,27)/p+1. The van der Waals surface area contributed by atoms with Crippen molar-refractivity contribution in [3.63, 3.8) is 0 Å². The van der Waals surface area contributed by atoms with E-state index in [0.717, 1.165) is 22.3 Å². The zero-order valence-electron chi connectivity index (χ0n) is 15.7. The summed E-state index contributed by atoms with van der Waals surface area (Å²) in [5, 5.41) is 12.9. The van der Waals surface area contributed by atoms with Crippen molar-refractivity contribution in [2.24, 2.45) is 0 Å². The molecule has 0 radical (unpaired) electrons. The SMILES string of the molecule is Cc1cc(F)ccc1-c1[nH]c(C(=O)NC2(CO)CCOCC2)[n+]2ccccc12. The number of carbonyl (C=O) groups is 1. The fourth-order valence-corrected chi connectivity index (χ4v) is 3.75. The van der Waals surface area contributed by atoms with Crippen molar-refractivity contribution in [3.05, 3.63) is 59.8 Å². The first-order valence-electron chi connectivity index (χ1n) is 9.33. The number of amides is 1. The van der Waals surface area contributed by atoms with Crippen LogP contribution < -0.4 is 9.72 Å². The predicted octanol–water partition coefficient (Wildman–Crippen LogP) is 2.14. The molecule has 1 aromatic carbocycles. The molecule has 4 rings (SSSR count). The number of nitrogens with zero attached hydrogens (tertiary/aromatic N) is 1. The maximum Gasteiger partial charge on any atom is 0.351 e. The Morgan fingerprint density at radius 3 is 2.82 bits per heavy atom. The maximum atomic E-state index is 13.5. The van der Waals surface area contributed by atoms with Gasteiger partial charge in [0.05, 0.1) is 18.3 Å². The molecule has 6 nitrogen and oxygen atoms in total. The van der Waals surface area contributed by atoms with E-state index in [1.807, 2.05) is 25.1 Å². The number of carbonyl (C=O) groups excluding carboxylic acids is 1. The van der Waals surface area contributed by atoms with Crippen molar-refractivity contribution in [1.82, 2.24) is 10.3 Å². The van der Waals surface area contributed by atoms with Gasteiger partial charge in [0.1, 0.15) is 5.82 Å². The second-order valence-corrected chi connectivity index (χ2v) is 7.27. The fraction of sp³-hybridized carbons (Fsp3) is 0.333. The molecule has 3 N–H and O–H groups in total. The molecular formula is C21H23FN3O3+. The van der Waals surface area contributed by atoms with Crippen molar-refractivity contribution in [2.75, 3.05) is 19.8 Å². The summed E-state index contributed by atoms with van der Waals surface area (Å²) in [6.45, 7) is 2.69. The number of aromatic nitrogens is 2. The zero-order valence-corrected chi connectivity index (χ0v) is 15.7. The minimum atomic E-state index is -0.686. The van der Waals surface area contributed by atoms with Gasteiger partial charge in [0.15, 0.2) is 11.2 Å². The summed E-state index contributed by atoms with van der Waals surface area (Å²) in [6.07, 6.45) is 2.92. The average Bonchev–Trinajstić information content (AvgIpc) is 3.08. The highest BCUT2D eigenvalue weighted by molar-refractivity contribution is 5.92. The Morgan fingerprint density at radius 2 is 2.11 bits per heavy atom. The molecule has 0 spiro atoms. The van der Waals surface area contributed by atoms with Gasteiger partial charge in [-0.25, -0.2) is 9.37 Å². The lowest BCUT2D eigenvalue weighted by Gasteiger charge is -2.35. The van der Waals surface area contributed by atoms with Crippen molar-refractivity contribution >= 4 is 11.4 Å². The van der Waals surface area contributed by atoms with E-state index >= 15 is 0 Å². The molecule has 3 heterocycles. The molecule has 1 aliphatic rings. The normalized spacial score (nSPS) is 16.2. The van der Waals surface area contributed by atoms with Crippen LogP contribution in [0.1, 0.15) is 29.0 Å². The number of pyridine rings is 1. The largest absolute Gasteiger partial charge is 0.394 e. The Bertz CT molecular complexity index is 1020. The number of fused-ring (bicyclic) bond motifs is 1. The number of hydrogen-bond donors (Lipinski definition) is 3. The molecule has 0 atom stereocenters. The van der Waals surface area contributed by atoms with E-state index in [1.54, 1.807) is 16.7 Å². The number of imidazole rings is 1. The lowest BCUT2D eigenvalue weighted by atomic mass is 9.91. The minimum Gasteiger partial charge on any atom is -0.394 e. The lowest BCUT2D eigenvalue weighted by molar-refractivity contribution is -0.514. The maximum absolute atomic E-state index is 13.5. The number of ether oxygens (including phenoxy) is 1. The smallest absolute Gasteiger partial charge is 0.351 e. The molecule has 0 saturated carbocycles. The van der Waals surface area contributed by atoms with E-state index in [4.69, 9.17) is 4.74 Å². The molecule has 1 aliphatic heterocycles. The van der Waals surface area contributed by atoms with E-state index < -0.39 is 5.54 Å². The third-order valence-corrected chi connectivity index (χ3v) is 5.40. The Kier molecular flexibility index (Phi) is 4.87. The molecule has 1 saturated heterocycles. The molecule has 1 amide bonds. The van der Waals surface area contributed by atoms with E-state index in [-0.39, 0.29) is 18.3 Å². The highest BCUT2D eigenvalue weighted by atomic mass is 19.1. The first-order chi connectivity index (χ1) is 13.5. The van der Waals surface area contributed by atoms with Crippen LogP contribution in [0.4, 0.5) is 4.39 Å². The van der Waals surface area contributed by atoms with Crippen LogP contribution in [0.5, 0.6) is 0 Å². The topological polar surface area (TPSA) is 78.5 Å². The van der Waals surface area contributed by atoms with Gasteiger partial charge >= 0.3 is 11.7 Å². The Morgan fingerprint density at radius 1 is 1.32 bits per heavy atom. The number of aliphatic hydroxyl groups is 1. The van der Waals surface area contributed by atoms with E-state index in [1.165, 1.54) is 12.1 Å². The van der Waals surface area contributed by atoms with Crippen LogP contribution in [0.25, 0.3) is 16.8 Å². The molecule has 28 heavy (non-hydrogen) atoms. The van der Waals surface area contributed by atoms with Crippen LogP contribution in [0.2, 0.25) is 0 Å². The van der Waals surface area contributed by atoms with Gasteiger partial charge in [-0.05, 0) is 55.7 Å². The number of aliphatic hydroxyl groups excluding tert-OH is 1. The fourth-order valence-electron chi connectivity index (χ4n) is 3.75. The molecule has 1 fully saturated rings. The molecule has 7 heteroatoms. The van der Waals surface area contributed by atoms with Crippen LogP contribution in [0, 0.1) is 12.7 Å². The van der Waals surface area contributed by atoms with Gasteiger partial charge in [-0.15, -0.1) is 0 Å². The third kappa shape index (κ3) is 3.27. The minimum absolute atomic E-state index is 0.144. The molecule has 0 unspecified atom stereocenters. The second kappa shape index (κ2) is 7.33. The number of H-pyrrole nitrogens is 1. The Hall–Kier alpha value is -2.77. The van der Waals surface area contributed by atoms with Crippen LogP contribution >= 0.6 is 0 Å². The highest BCUT2D eigenvalue weighted by Crippen LogP contribution is 2.26. The van der Waals surface area contributed by atoms with Gasteiger partial charge in [0.2, 0.25) is 0 Å². The number of nitrogens with one attached hydrogen (secondary N) is 2. The summed E-state index contributed by atoms with van der Waals surface area (Å²) in [5.41, 5.74) is 2.47. The van der Waals surface area contributed by atoms with Gasteiger partial charge < -0.3 is 15.2 Å². The number of aryl methyl sites for hydroxylation is 1. The van der Waals surface area contributed by atoms with Crippen molar-refractivity contribution in [3.8, 4) is 11.3 Å². The van der Waals surface area contributed by atoms with Gasteiger partial charge in [-0.1, -0.05) is 6.07 Å². The van der Waals surface area contributed by atoms with Gasteiger partial charge in [-0.3, -0.25) is 4.79 Å². The summed E-state index contributed by atoms with van der Waals surface area (Å²) in [4.78, 5) is 16.3. The van der Waals surface area contributed by atoms with Crippen molar-refractivity contribution in [1.29, 1.82) is 0 Å². The molecule has 0 aliphatic carbocycles. The first kappa shape index (κ1) is 18.6. The predicted molar refractivity (Wildman–Crippen MR) is 101 cm³/mol. The highest BCUT2D eigenvalue weighted by Gasteiger charge is 2.37. The first-order valence-corrected chi connectivity index (χ1v) is 9.33. The van der Waals surface area contributed by atoms with E-state index in [0.29, 0.717) is 31.9 Å². The second-order valence-electron chi connectivity index (χ2n) is 7.27. The van der Waals surface area contributed by atoms with Gasteiger partial charge in [0, 0.05) is 18.8 Å². The Balaban J connectivity index is 1.77. The average molecular weight is 384 g/mol. The summed E-state index contributed by atoms with van der Waals surface area (Å²) in [5.74, 6) is -0.246. The van der Waals surface area contributed by atoms with Crippen molar-refractivity contribution in [2.45, 2.75) is 25.3 Å². The summed E-state index contributed by atoms with van der Waals surface area (Å²) in [6, 6.07) is 10.2. The summed E-state index contributed by atoms with van der Waals surface area (Å²) >= 11 is 0. The quantitative estimate of drug-likeness (QED) is 0.603. The van der Waals surface area contributed by atoms with Crippen LogP contribution in [-0.4, -0.2) is 41.4 Å². The Labute approximate surface area is 162 Å². The number of benzene rings is 1. The zero-order chi connectivity index (χ0) is 19.7. The number of aromatic amines is 1. The summed E-state index contributed by atoms with van der Waals surface area (Å²) in [7, 11) is 0. The number of halogens is 1. The molecule has 0 bridgehead atoms. The third-order valence-electron chi connectivity index (χ3n) is 5.40. The molecule has 3 aromatic rings. The van der Waals surface area contributed by atoms with Gasteiger partial charge in [0.25, 0.3) is 0 Å².